The summed E-state index contributed by atoms with van der Waals surface area (Å²) < 4.78 is 0. The molecule has 52 heavy (non-hydrogen) atoms. The first-order valence-electron chi connectivity index (χ1n) is 18.0. The van der Waals surface area contributed by atoms with E-state index in [0.29, 0.717) is 0 Å². The van der Waals surface area contributed by atoms with E-state index in [2.05, 4.69) is 206 Å². The van der Waals surface area contributed by atoms with Gasteiger partial charge in [-0.05, 0) is 111 Å². The van der Waals surface area contributed by atoms with Crippen molar-refractivity contribution in [1.82, 2.24) is 0 Å². The topological polar surface area (TPSA) is 0 Å². The summed E-state index contributed by atoms with van der Waals surface area (Å²) in [5.74, 6) is 0. The normalized spacial score (nSPS) is 11.5. The second-order valence-electron chi connectivity index (χ2n) is 13.6. The van der Waals surface area contributed by atoms with Crippen LogP contribution in [0.25, 0.3) is 98.7 Å². The van der Waals surface area contributed by atoms with Gasteiger partial charge in [0.15, 0.2) is 0 Å². The molecule has 0 atom stereocenters. The molecule has 0 unspecified atom stereocenters. The van der Waals surface area contributed by atoms with Crippen LogP contribution in [0.15, 0.2) is 206 Å². The Kier molecular flexibility index (Phi) is 7.25. The Morgan fingerprint density at radius 2 is 0.596 bits per heavy atom. The van der Waals surface area contributed by atoms with Crippen LogP contribution >= 0.6 is 0 Å². The molecule has 0 amide bonds. The van der Waals surface area contributed by atoms with Gasteiger partial charge in [-0.15, -0.1) is 0 Å². The van der Waals surface area contributed by atoms with E-state index in [4.69, 9.17) is 0 Å². The molecule has 242 valence electrons. The van der Waals surface area contributed by atoms with Gasteiger partial charge in [-0.25, -0.2) is 0 Å². The molecule has 0 aromatic heterocycles. The number of rotatable bonds is 5. The van der Waals surface area contributed by atoms with Gasteiger partial charge in [0, 0.05) is 0 Å². The second kappa shape index (κ2) is 12.5. The van der Waals surface area contributed by atoms with E-state index in [1.165, 1.54) is 98.7 Å². The molecule has 0 saturated carbocycles. The first-order valence-corrected chi connectivity index (χ1v) is 18.0. The molecule has 10 aromatic rings. The molecular formula is C52H34. The Morgan fingerprint density at radius 3 is 1.19 bits per heavy atom. The smallest absolute Gasteiger partial charge is 0.00262 e. The highest BCUT2D eigenvalue weighted by atomic mass is 14.2. The van der Waals surface area contributed by atoms with Crippen LogP contribution in [0.2, 0.25) is 0 Å². The van der Waals surface area contributed by atoms with Crippen molar-refractivity contribution in [2.24, 2.45) is 0 Å². The standard InChI is InChI=1S/C52H34/c1-3-15-35(16-4-1)41-19-7-8-20-43(41)46-32-31-42(44-21-9-10-22-45(44)46)39-29-27-38-34-40(30-28-37(38)33-39)52-49-25-13-11-23-47(49)51(36-17-5-2-6-18-36)48-24-12-14-26-50(48)52/h1-34H. The minimum absolute atomic E-state index is 1.22. The average molecular weight is 659 g/mol. The van der Waals surface area contributed by atoms with Crippen molar-refractivity contribution in [3.8, 4) is 55.6 Å². The van der Waals surface area contributed by atoms with Gasteiger partial charge in [0.2, 0.25) is 0 Å². The molecule has 0 spiro atoms. The summed E-state index contributed by atoms with van der Waals surface area (Å²) in [4.78, 5) is 0. The van der Waals surface area contributed by atoms with E-state index in [1.54, 1.807) is 0 Å². The molecular weight excluding hydrogens is 625 g/mol. The minimum atomic E-state index is 1.22. The highest BCUT2D eigenvalue weighted by Crippen LogP contribution is 2.45. The fourth-order valence-corrected chi connectivity index (χ4v) is 8.30. The highest BCUT2D eigenvalue weighted by Gasteiger charge is 2.17. The molecule has 10 aromatic carbocycles. The van der Waals surface area contributed by atoms with Crippen molar-refractivity contribution in [1.29, 1.82) is 0 Å². The maximum absolute atomic E-state index is 2.37. The summed E-state index contributed by atoms with van der Waals surface area (Å²) >= 11 is 0. The molecule has 0 bridgehead atoms. The monoisotopic (exact) mass is 658 g/mol. The van der Waals surface area contributed by atoms with Gasteiger partial charge in [-0.3, -0.25) is 0 Å². The van der Waals surface area contributed by atoms with Gasteiger partial charge in [0.25, 0.3) is 0 Å². The molecule has 0 nitrogen and oxygen atoms in total. The summed E-state index contributed by atoms with van der Waals surface area (Å²) in [5.41, 5.74) is 12.5. The Morgan fingerprint density at radius 1 is 0.192 bits per heavy atom. The summed E-state index contributed by atoms with van der Waals surface area (Å²) in [6.07, 6.45) is 0. The first kappa shape index (κ1) is 30.1. The Labute approximate surface area is 303 Å². The maximum atomic E-state index is 2.37. The number of hydrogen-bond acceptors (Lipinski definition) is 0. The Balaban J connectivity index is 1.10. The van der Waals surface area contributed by atoms with Gasteiger partial charge >= 0.3 is 0 Å². The predicted octanol–water partition coefficient (Wildman–Crippen LogP) is 14.6. The molecule has 10 rings (SSSR count). The summed E-state index contributed by atoms with van der Waals surface area (Å²) in [6.45, 7) is 0. The molecule has 0 heterocycles. The molecule has 0 radical (unpaired) electrons. The quantitative estimate of drug-likeness (QED) is 0.161. The van der Waals surface area contributed by atoms with E-state index in [1.807, 2.05) is 0 Å². The van der Waals surface area contributed by atoms with E-state index < -0.39 is 0 Å². The summed E-state index contributed by atoms with van der Waals surface area (Å²) in [7, 11) is 0. The Bertz CT molecular complexity index is 2880. The molecule has 0 N–H and O–H groups in total. The zero-order valence-corrected chi connectivity index (χ0v) is 28.6. The van der Waals surface area contributed by atoms with E-state index in [0.717, 1.165) is 0 Å². The van der Waals surface area contributed by atoms with Crippen molar-refractivity contribution < 1.29 is 0 Å². The van der Waals surface area contributed by atoms with Crippen molar-refractivity contribution in [3.05, 3.63) is 206 Å². The van der Waals surface area contributed by atoms with Crippen LogP contribution in [0.3, 0.4) is 0 Å². The molecule has 0 aliphatic rings. The Hall–Kier alpha value is -6.76. The number of benzene rings is 10. The SMILES string of the molecule is c1ccc(-c2ccccc2-c2ccc(-c3ccc4cc(-c5c6ccccc6c(-c6ccccc6)c6ccccc56)ccc4c3)c3ccccc23)cc1. The van der Waals surface area contributed by atoms with Gasteiger partial charge in [0.1, 0.15) is 0 Å². The van der Waals surface area contributed by atoms with Gasteiger partial charge in [-0.1, -0.05) is 194 Å². The van der Waals surface area contributed by atoms with Crippen LogP contribution in [-0.2, 0) is 0 Å². The van der Waals surface area contributed by atoms with E-state index in [9.17, 15) is 0 Å². The zero-order chi connectivity index (χ0) is 34.4. The fourth-order valence-electron chi connectivity index (χ4n) is 8.30. The summed E-state index contributed by atoms with van der Waals surface area (Å²) in [6, 6.07) is 75.4. The lowest BCUT2D eigenvalue weighted by atomic mass is 9.85. The van der Waals surface area contributed by atoms with Gasteiger partial charge < -0.3 is 0 Å². The van der Waals surface area contributed by atoms with Gasteiger partial charge in [0.05, 0.1) is 0 Å². The number of fused-ring (bicyclic) bond motifs is 4. The molecule has 0 fully saturated rings. The molecule has 0 aliphatic carbocycles. The third-order valence-corrected chi connectivity index (χ3v) is 10.7. The van der Waals surface area contributed by atoms with Crippen molar-refractivity contribution >= 4 is 43.1 Å². The lowest BCUT2D eigenvalue weighted by Gasteiger charge is -2.18. The second-order valence-corrected chi connectivity index (χ2v) is 13.6. The fraction of sp³-hybridized carbons (Fsp3) is 0. The predicted molar refractivity (Wildman–Crippen MR) is 224 cm³/mol. The van der Waals surface area contributed by atoms with Gasteiger partial charge in [-0.2, -0.15) is 0 Å². The van der Waals surface area contributed by atoms with Crippen LogP contribution in [-0.4, -0.2) is 0 Å². The largest absolute Gasteiger partial charge is 0.0622 e. The van der Waals surface area contributed by atoms with Crippen molar-refractivity contribution in [2.75, 3.05) is 0 Å². The molecule has 0 heteroatoms. The first-order chi connectivity index (χ1) is 25.8. The third-order valence-electron chi connectivity index (χ3n) is 10.7. The van der Waals surface area contributed by atoms with Crippen molar-refractivity contribution in [2.45, 2.75) is 0 Å². The minimum Gasteiger partial charge on any atom is -0.0622 e. The third kappa shape index (κ3) is 5.00. The van der Waals surface area contributed by atoms with Crippen LogP contribution < -0.4 is 0 Å². The van der Waals surface area contributed by atoms with E-state index in [-0.39, 0.29) is 0 Å². The summed E-state index contributed by atoms with van der Waals surface area (Å²) in [5, 5.41) is 10.1. The van der Waals surface area contributed by atoms with Crippen LogP contribution in [0, 0.1) is 0 Å². The van der Waals surface area contributed by atoms with Crippen molar-refractivity contribution in [3.63, 3.8) is 0 Å². The zero-order valence-electron chi connectivity index (χ0n) is 28.6. The van der Waals surface area contributed by atoms with Crippen LogP contribution in [0.5, 0.6) is 0 Å². The molecule has 0 aliphatic heterocycles. The van der Waals surface area contributed by atoms with E-state index >= 15 is 0 Å². The maximum Gasteiger partial charge on any atom is -0.00262 e. The van der Waals surface area contributed by atoms with Crippen LogP contribution in [0.4, 0.5) is 0 Å². The molecule has 0 saturated heterocycles. The average Bonchev–Trinajstić information content (AvgIpc) is 3.22. The highest BCUT2D eigenvalue weighted by molar-refractivity contribution is 6.21. The lowest BCUT2D eigenvalue weighted by Crippen LogP contribution is -1.91. The number of hydrogen-bond donors (Lipinski definition) is 0. The lowest BCUT2D eigenvalue weighted by molar-refractivity contribution is 1.59. The van der Waals surface area contributed by atoms with Crippen LogP contribution in [0.1, 0.15) is 0 Å².